The maximum Gasteiger partial charge on any atom is 0.224 e. The second-order valence-corrected chi connectivity index (χ2v) is 7.18. The Morgan fingerprint density at radius 1 is 0.935 bits per heavy atom. The van der Waals surface area contributed by atoms with Crippen LogP contribution in [0.15, 0.2) is 60.7 Å². The molecule has 0 aliphatic carbocycles. The number of aryl methyl sites for hydroxylation is 1. The van der Waals surface area contributed by atoms with E-state index in [2.05, 4.69) is 20.9 Å². The first kappa shape index (κ1) is 22.2. The van der Waals surface area contributed by atoms with E-state index in [9.17, 15) is 13.6 Å². The molecule has 0 spiro atoms. The molecule has 0 bridgehead atoms. The second kappa shape index (κ2) is 11.1. The number of carbonyl (C=O) groups excluding carboxylic acids is 1. The van der Waals surface area contributed by atoms with E-state index in [0.717, 1.165) is 17.5 Å². The lowest BCUT2D eigenvalue weighted by Crippen LogP contribution is -2.15. The highest BCUT2D eigenvalue weighted by molar-refractivity contribution is 5.93. The quantitative estimate of drug-likeness (QED) is 0.410. The van der Waals surface area contributed by atoms with Crippen LogP contribution in [0.2, 0.25) is 0 Å². The summed E-state index contributed by atoms with van der Waals surface area (Å²) in [4.78, 5) is 17.0. The van der Waals surface area contributed by atoms with Crippen molar-refractivity contribution < 1.29 is 13.6 Å². The summed E-state index contributed by atoms with van der Waals surface area (Å²) in [5.74, 6) is 0.464. The van der Waals surface area contributed by atoms with Gasteiger partial charge in [0, 0.05) is 19.5 Å². The number of pyridine rings is 1. The Kier molecular flexibility index (Phi) is 7.92. The van der Waals surface area contributed by atoms with Gasteiger partial charge < -0.3 is 16.0 Å². The zero-order chi connectivity index (χ0) is 22.1. The monoisotopic (exact) mass is 424 g/mol. The first-order chi connectivity index (χ1) is 15.0. The highest BCUT2D eigenvalue weighted by Gasteiger charge is 2.10. The third-order valence-electron chi connectivity index (χ3n) is 4.63. The summed E-state index contributed by atoms with van der Waals surface area (Å²) in [5.41, 5.74) is 2.30. The van der Waals surface area contributed by atoms with Gasteiger partial charge in [0.05, 0.1) is 5.69 Å². The van der Waals surface area contributed by atoms with Crippen LogP contribution in [-0.4, -0.2) is 17.4 Å². The van der Waals surface area contributed by atoms with E-state index in [0.29, 0.717) is 36.8 Å². The molecule has 0 atom stereocenters. The number of hydrogen-bond donors (Lipinski definition) is 3. The van der Waals surface area contributed by atoms with E-state index in [1.54, 1.807) is 36.4 Å². The van der Waals surface area contributed by atoms with Crippen molar-refractivity contribution in [2.45, 2.75) is 32.7 Å². The molecule has 162 valence electrons. The molecule has 3 aromatic rings. The predicted molar refractivity (Wildman–Crippen MR) is 120 cm³/mol. The molecule has 0 aliphatic heterocycles. The highest BCUT2D eigenvalue weighted by Crippen LogP contribution is 2.23. The Morgan fingerprint density at radius 2 is 1.74 bits per heavy atom. The van der Waals surface area contributed by atoms with E-state index in [1.165, 1.54) is 24.3 Å². The van der Waals surface area contributed by atoms with Gasteiger partial charge in [-0.15, -0.1) is 0 Å². The molecule has 5 nitrogen and oxygen atoms in total. The van der Waals surface area contributed by atoms with Crippen molar-refractivity contribution in [1.29, 1.82) is 0 Å². The molecule has 1 aromatic heterocycles. The van der Waals surface area contributed by atoms with Crippen LogP contribution < -0.4 is 16.0 Å². The molecule has 31 heavy (non-hydrogen) atoms. The van der Waals surface area contributed by atoms with Crippen molar-refractivity contribution in [3.63, 3.8) is 0 Å². The normalized spacial score (nSPS) is 10.5. The SMILES string of the molecule is CCCNc1nc(NCc2ccc(F)cc2)ccc1NC(=O)CCc1cccc(F)c1. The van der Waals surface area contributed by atoms with Crippen molar-refractivity contribution in [2.24, 2.45) is 0 Å². The molecule has 0 fully saturated rings. The van der Waals surface area contributed by atoms with Gasteiger partial charge in [-0.2, -0.15) is 0 Å². The minimum absolute atomic E-state index is 0.169. The number of benzene rings is 2. The summed E-state index contributed by atoms with van der Waals surface area (Å²) in [5, 5.41) is 9.32. The van der Waals surface area contributed by atoms with Crippen LogP contribution in [0.25, 0.3) is 0 Å². The van der Waals surface area contributed by atoms with Crippen molar-refractivity contribution in [3.05, 3.63) is 83.4 Å². The van der Waals surface area contributed by atoms with Crippen LogP contribution >= 0.6 is 0 Å². The smallest absolute Gasteiger partial charge is 0.224 e. The van der Waals surface area contributed by atoms with Gasteiger partial charge in [0.2, 0.25) is 5.91 Å². The molecule has 3 rings (SSSR count). The first-order valence-electron chi connectivity index (χ1n) is 10.3. The topological polar surface area (TPSA) is 66.1 Å². The Balaban J connectivity index is 1.62. The molecule has 0 radical (unpaired) electrons. The van der Waals surface area contributed by atoms with Gasteiger partial charge in [0.1, 0.15) is 17.5 Å². The van der Waals surface area contributed by atoms with Gasteiger partial charge in [0.25, 0.3) is 0 Å². The van der Waals surface area contributed by atoms with Gasteiger partial charge in [0.15, 0.2) is 5.82 Å². The van der Waals surface area contributed by atoms with E-state index in [4.69, 9.17) is 0 Å². The second-order valence-electron chi connectivity index (χ2n) is 7.18. The number of aromatic nitrogens is 1. The number of hydrogen-bond acceptors (Lipinski definition) is 4. The zero-order valence-electron chi connectivity index (χ0n) is 17.4. The fraction of sp³-hybridized carbons (Fsp3) is 0.250. The molecule has 0 saturated heterocycles. The number of nitrogens with one attached hydrogen (secondary N) is 3. The third kappa shape index (κ3) is 7.06. The lowest BCUT2D eigenvalue weighted by molar-refractivity contribution is -0.116. The fourth-order valence-electron chi connectivity index (χ4n) is 2.99. The molecule has 3 N–H and O–H groups in total. The van der Waals surface area contributed by atoms with Gasteiger partial charge in [-0.25, -0.2) is 13.8 Å². The Bertz CT molecular complexity index is 1010. The summed E-state index contributed by atoms with van der Waals surface area (Å²) in [6.07, 6.45) is 1.59. The van der Waals surface area contributed by atoms with Gasteiger partial charge >= 0.3 is 0 Å². The minimum Gasteiger partial charge on any atom is -0.368 e. The van der Waals surface area contributed by atoms with E-state index >= 15 is 0 Å². The average molecular weight is 424 g/mol. The molecule has 1 heterocycles. The summed E-state index contributed by atoms with van der Waals surface area (Å²) >= 11 is 0. The van der Waals surface area contributed by atoms with Crippen LogP contribution in [0.3, 0.4) is 0 Å². The van der Waals surface area contributed by atoms with E-state index < -0.39 is 0 Å². The molecule has 1 amide bonds. The van der Waals surface area contributed by atoms with Crippen molar-refractivity contribution in [3.8, 4) is 0 Å². The van der Waals surface area contributed by atoms with Crippen LogP contribution in [0, 0.1) is 11.6 Å². The lowest BCUT2D eigenvalue weighted by atomic mass is 10.1. The Labute approximate surface area is 180 Å². The molecule has 2 aromatic carbocycles. The summed E-state index contributed by atoms with van der Waals surface area (Å²) in [6, 6.07) is 16.1. The Hall–Kier alpha value is -3.48. The summed E-state index contributed by atoms with van der Waals surface area (Å²) in [6.45, 7) is 3.25. The number of anilines is 3. The van der Waals surface area contributed by atoms with Crippen molar-refractivity contribution in [1.82, 2.24) is 4.98 Å². The molecular weight excluding hydrogens is 398 g/mol. The van der Waals surface area contributed by atoms with Crippen LogP contribution in [0.4, 0.5) is 26.1 Å². The van der Waals surface area contributed by atoms with Crippen LogP contribution in [-0.2, 0) is 17.8 Å². The average Bonchev–Trinajstić information content (AvgIpc) is 2.77. The van der Waals surface area contributed by atoms with Crippen LogP contribution in [0.1, 0.15) is 30.9 Å². The number of rotatable bonds is 10. The van der Waals surface area contributed by atoms with Crippen LogP contribution in [0.5, 0.6) is 0 Å². The number of carbonyl (C=O) groups is 1. The largest absolute Gasteiger partial charge is 0.368 e. The molecule has 0 aliphatic rings. The van der Waals surface area contributed by atoms with Gasteiger partial charge in [-0.1, -0.05) is 31.2 Å². The lowest BCUT2D eigenvalue weighted by Gasteiger charge is -2.14. The predicted octanol–water partition coefficient (Wildman–Crippen LogP) is 5.37. The molecule has 0 unspecified atom stereocenters. The maximum atomic E-state index is 13.3. The molecule has 0 saturated carbocycles. The minimum atomic E-state index is -0.308. The molecule has 7 heteroatoms. The standard InChI is InChI=1S/C24H26F2N4O/c1-2-14-27-24-21(29-23(31)13-8-17-4-3-5-20(26)15-17)11-12-22(30-24)28-16-18-6-9-19(25)10-7-18/h3-7,9-12,15H,2,8,13-14,16H2,1H3,(H,29,31)(H2,27,28,30). The fourth-order valence-corrected chi connectivity index (χ4v) is 2.99. The maximum absolute atomic E-state index is 13.3. The molecular formula is C24H26F2N4O. The number of halogens is 2. The Morgan fingerprint density at radius 3 is 2.48 bits per heavy atom. The third-order valence-corrected chi connectivity index (χ3v) is 4.63. The number of nitrogens with zero attached hydrogens (tertiary/aromatic N) is 1. The highest BCUT2D eigenvalue weighted by atomic mass is 19.1. The van der Waals surface area contributed by atoms with Crippen molar-refractivity contribution >= 4 is 23.2 Å². The van der Waals surface area contributed by atoms with E-state index in [-0.39, 0.29) is 24.0 Å². The van der Waals surface area contributed by atoms with E-state index in [1.807, 2.05) is 6.92 Å². The summed E-state index contributed by atoms with van der Waals surface area (Å²) < 4.78 is 26.3. The van der Waals surface area contributed by atoms with Gasteiger partial charge in [-0.3, -0.25) is 4.79 Å². The first-order valence-corrected chi connectivity index (χ1v) is 10.3. The van der Waals surface area contributed by atoms with Gasteiger partial charge in [-0.05, 0) is 60.4 Å². The summed E-state index contributed by atoms with van der Waals surface area (Å²) in [7, 11) is 0. The zero-order valence-corrected chi connectivity index (χ0v) is 17.4. The number of amides is 1. The van der Waals surface area contributed by atoms with Crippen molar-refractivity contribution in [2.75, 3.05) is 22.5 Å².